The lowest BCUT2D eigenvalue weighted by Gasteiger charge is -2.02. The van der Waals surface area contributed by atoms with E-state index in [9.17, 15) is 0 Å². The van der Waals surface area contributed by atoms with Gasteiger partial charge < -0.3 is 9.84 Å². The van der Waals surface area contributed by atoms with Crippen LogP contribution in [0.3, 0.4) is 0 Å². The highest BCUT2D eigenvalue weighted by molar-refractivity contribution is 5.30. The Labute approximate surface area is 66.4 Å². The zero-order valence-electron chi connectivity index (χ0n) is 6.50. The van der Waals surface area contributed by atoms with Gasteiger partial charge in [0.1, 0.15) is 11.5 Å². The van der Waals surface area contributed by atoms with Gasteiger partial charge in [-0.15, -0.1) is 0 Å². The first-order chi connectivity index (χ1) is 5.33. The average molecular weight is 151 g/mol. The van der Waals surface area contributed by atoms with Crippen LogP contribution in [0.2, 0.25) is 0 Å². The van der Waals surface area contributed by atoms with Crippen molar-refractivity contribution in [3.63, 3.8) is 0 Å². The molecule has 1 aromatic rings. The van der Waals surface area contributed by atoms with E-state index < -0.39 is 0 Å². The standard InChI is InChI=1S/C9H11O2/c1-2-6-11-9-5-3-4-8(10)7-9/h4-5,7,10H,2,6H2,1H3. The number of benzene rings is 1. The van der Waals surface area contributed by atoms with Gasteiger partial charge in [-0.2, -0.15) is 0 Å². The Balaban J connectivity index is 2.56. The summed E-state index contributed by atoms with van der Waals surface area (Å²) in [4.78, 5) is 0. The summed E-state index contributed by atoms with van der Waals surface area (Å²) in [7, 11) is 0. The monoisotopic (exact) mass is 151 g/mol. The van der Waals surface area contributed by atoms with E-state index in [1.54, 1.807) is 12.1 Å². The molecule has 1 radical (unpaired) electrons. The molecular weight excluding hydrogens is 140 g/mol. The first-order valence-electron chi connectivity index (χ1n) is 3.66. The second-order valence-corrected chi connectivity index (χ2v) is 2.28. The Bertz CT molecular complexity index is 221. The van der Waals surface area contributed by atoms with E-state index in [4.69, 9.17) is 9.84 Å². The lowest BCUT2D eigenvalue weighted by molar-refractivity contribution is 0.315. The Morgan fingerprint density at radius 1 is 1.55 bits per heavy atom. The minimum absolute atomic E-state index is 0.193. The first-order valence-corrected chi connectivity index (χ1v) is 3.66. The topological polar surface area (TPSA) is 29.5 Å². The third kappa shape index (κ3) is 2.50. The summed E-state index contributed by atoms with van der Waals surface area (Å²) in [6.07, 6.45) is 0.968. The van der Waals surface area contributed by atoms with Crippen LogP contribution < -0.4 is 4.74 Å². The van der Waals surface area contributed by atoms with Crippen LogP contribution in [0, 0.1) is 6.07 Å². The van der Waals surface area contributed by atoms with Gasteiger partial charge in [-0.05, 0) is 24.6 Å². The number of phenols is 1. The second-order valence-electron chi connectivity index (χ2n) is 2.28. The lowest BCUT2D eigenvalue weighted by Crippen LogP contribution is -1.93. The molecule has 11 heavy (non-hydrogen) atoms. The summed E-state index contributed by atoms with van der Waals surface area (Å²) >= 11 is 0. The molecule has 0 bridgehead atoms. The van der Waals surface area contributed by atoms with Gasteiger partial charge >= 0.3 is 0 Å². The zero-order chi connectivity index (χ0) is 8.10. The molecule has 1 aromatic carbocycles. The molecule has 0 heterocycles. The summed E-state index contributed by atoms with van der Waals surface area (Å²) in [5.74, 6) is 0.866. The average Bonchev–Trinajstić information content (AvgIpc) is 2.01. The van der Waals surface area contributed by atoms with Crippen molar-refractivity contribution in [1.82, 2.24) is 0 Å². The van der Waals surface area contributed by atoms with E-state index in [1.807, 2.05) is 6.92 Å². The summed E-state index contributed by atoms with van der Waals surface area (Å²) < 4.78 is 5.24. The summed E-state index contributed by atoms with van der Waals surface area (Å²) in [5, 5.41) is 9.00. The Hall–Kier alpha value is -1.18. The van der Waals surface area contributed by atoms with E-state index in [0.29, 0.717) is 12.4 Å². The second kappa shape index (κ2) is 3.86. The largest absolute Gasteiger partial charge is 0.508 e. The predicted molar refractivity (Wildman–Crippen MR) is 42.7 cm³/mol. The smallest absolute Gasteiger partial charge is 0.123 e. The van der Waals surface area contributed by atoms with Crippen LogP contribution in [0.25, 0.3) is 0 Å². The van der Waals surface area contributed by atoms with E-state index in [0.717, 1.165) is 6.42 Å². The van der Waals surface area contributed by atoms with Crippen molar-refractivity contribution in [1.29, 1.82) is 0 Å². The maximum Gasteiger partial charge on any atom is 0.123 e. The van der Waals surface area contributed by atoms with Gasteiger partial charge in [-0.3, -0.25) is 0 Å². The zero-order valence-corrected chi connectivity index (χ0v) is 6.50. The van der Waals surface area contributed by atoms with Crippen LogP contribution in [0.5, 0.6) is 11.5 Å². The highest BCUT2D eigenvalue weighted by Gasteiger charge is 1.92. The highest BCUT2D eigenvalue weighted by atomic mass is 16.5. The van der Waals surface area contributed by atoms with E-state index in [2.05, 4.69) is 6.07 Å². The minimum atomic E-state index is 0.193. The number of aromatic hydroxyl groups is 1. The fourth-order valence-corrected chi connectivity index (χ4v) is 0.742. The van der Waals surface area contributed by atoms with E-state index >= 15 is 0 Å². The predicted octanol–water partition coefficient (Wildman–Crippen LogP) is 1.98. The lowest BCUT2D eigenvalue weighted by atomic mass is 10.3. The van der Waals surface area contributed by atoms with Crippen LogP contribution in [0.4, 0.5) is 0 Å². The molecular formula is C9H11O2. The first kappa shape index (κ1) is 7.92. The molecule has 2 heteroatoms. The van der Waals surface area contributed by atoms with Gasteiger partial charge in [-0.1, -0.05) is 6.92 Å². The number of rotatable bonds is 3. The molecule has 1 N–H and O–H groups in total. The van der Waals surface area contributed by atoms with Crippen molar-refractivity contribution in [3.05, 3.63) is 24.3 Å². The van der Waals surface area contributed by atoms with E-state index in [-0.39, 0.29) is 5.75 Å². The van der Waals surface area contributed by atoms with Gasteiger partial charge in [0, 0.05) is 6.07 Å². The third-order valence-electron chi connectivity index (χ3n) is 1.22. The number of ether oxygens (including phenoxy) is 1. The van der Waals surface area contributed by atoms with Crippen molar-refractivity contribution in [2.45, 2.75) is 13.3 Å². The molecule has 0 atom stereocenters. The number of hydrogen-bond acceptors (Lipinski definition) is 2. The maximum absolute atomic E-state index is 9.00. The normalized spacial score (nSPS) is 9.55. The Morgan fingerprint density at radius 3 is 3.00 bits per heavy atom. The molecule has 0 aliphatic rings. The quantitative estimate of drug-likeness (QED) is 0.715. The van der Waals surface area contributed by atoms with Crippen molar-refractivity contribution in [2.24, 2.45) is 0 Å². The molecule has 0 unspecified atom stereocenters. The van der Waals surface area contributed by atoms with Crippen molar-refractivity contribution < 1.29 is 9.84 Å². The van der Waals surface area contributed by atoms with Crippen LogP contribution in [0.15, 0.2) is 18.2 Å². The number of phenolic OH excluding ortho intramolecular Hbond substituents is 1. The van der Waals surface area contributed by atoms with Crippen LogP contribution >= 0.6 is 0 Å². The van der Waals surface area contributed by atoms with Gasteiger partial charge in [0.2, 0.25) is 0 Å². The van der Waals surface area contributed by atoms with Crippen molar-refractivity contribution in [3.8, 4) is 11.5 Å². The van der Waals surface area contributed by atoms with E-state index in [1.165, 1.54) is 6.07 Å². The van der Waals surface area contributed by atoms with Crippen LogP contribution in [-0.4, -0.2) is 11.7 Å². The minimum Gasteiger partial charge on any atom is -0.508 e. The number of hydrogen-bond donors (Lipinski definition) is 1. The Kier molecular flexibility index (Phi) is 2.78. The fraction of sp³-hybridized carbons (Fsp3) is 0.333. The summed E-state index contributed by atoms with van der Waals surface area (Å²) in [6.45, 7) is 2.71. The molecule has 59 valence electrons. The van der Waals surface area contributed by atoms with Crippen molar-refractivity contribution >= 4 is 0 Å². The fourth-order valence-electron chi connectivity index (χ4n) is 0.742. The molecule has 2 nitrogen and oxygen atoms in total. The molecule has 0 fully saturated rings. The molecule has 1 rings (SSSR count). The van der Waals surface area contributed by atoms with Gasteiger partial charge in [0.05, 0.1) is 6.61 Å². The SMILES string of the molecule is CCCOc1c[c]cc(O)c1. The summed E-state index contributed by atoms with van der Waals surface area (Å²) in [5.41, 5.74) is 0. The highest BCUT2D eigenvalue weighted by Crippen LogP contribution is 2.16. The molecule has 0 amide bonds. The van der Waals surface area contributed by atoms with Gasteiger partial charge in [0.15, 0.2) is 0 Å². The van der Waals surface area contributed by atoms with Gasteiger partial charge in [-0.25, -0.2) is 0 Å². The molecule has 0 aromatic heterocycles. The third-order valence-corrected chi connectivity index (χ3v) is 1.22. The molecule has 0 spiro atoms. The van der Waals surface area contributed by atoms with Crippen molar-refractivity contribution in [2.75, 3.05) is 6.61 Å². The molecule has 0 saturated heterocycles. The van der Waals surface area contributed by atoms with Crippen LogP contribution in [0.1, 0.15) is 13.3 Å². The summed E-state index contributed by atoms with van der Waals surface area (Å²) in [6, 6.07) is 7.54. The van der Waals surface area contributed by atoms with Crippen LogP contribution in [-0.2, 0) is 0 Å². The maximum atomic E-state index is 9.00. The Morgan fingerprint density at radius 2 is 2.36 bits per heavy atom. The molecule has 0 aliphatic carbocycles. The molecule has 0 saturated carbocycles. The molecule has 0 aliphatic heterocycles. The van der Waals surface area contributed by atoms with Gasteiger partial charge in [0.25, 0.3) is 0 Å².